The van der Waals surface area contributed by atoms with Crippen molar-refractivity contribution in [3.8, 4) is 0 Å². The lowest BCUT2D eigenvalue weighted by Crippen LogP contribution is -2.46. The Morgan fingerprint density at radius 3 is 1.44 bits per heavy atom. The highest BCUT2D eigenvalue weighted by atomic mass is 35.5. The van der Waals surface area contributed by atoms with E-state index >= 15 is 0 Å². The highest BCUT2D eigenvalue weighted by Crippen LogP contribution is 2.33. The van der Waals surface area contributed by atoms with Gasteiger partial charge in [0.05, 0.1) is 10.5 Å². The standard InChI is InChI=1S/C22H22Cl2N8O2S5/c1-11(17(33)27-29-19(35)25-15-7-3-13(23)4-8-15)37-21-31-32-22(39-21)38-12(2)18(34)28-30-20(36)26-16-9-5-14(24)6-10-16/h3-12H,1-2H3,(H,27,33)(H,28,34)(H2,25,29,35)(H2,26,30,36). The van der Waals surface area contributed by atoms with Crippen LogP contribution in [0.5, 0.6) is 0 Å². The number of anilines is 2. The van der Waals surface area contributed by atoms with Gasteiger partial charge in [-0.15, -0.1) is 10.2 Å². The van der Waals surface area contributed by atoms with E-state index in [1.165, 1.54) is 34.9 Å². The molecule has 0 radical (unpaired) electrons. The van der Waals surface area contributed by atoms with Crippen LogP contribution in [0.15, 0.2) is 57.2 Å². The second kappa shape index (κ2) is 15.4. The molecule has 2 unspecified atom stereocenters. The summed E-state index contributed by atoms with van der Waals surface area (Å²) in [5.74, 6) is -0.599. The van der Waals surface area contributed by atoms with Crippen molar-refractivity contribution in [3.63, 3.8) is 0 Å². The van der Waals surface area contributed by atoms with Crippen LogP contribution in [0.2, 0.25) is 10.0 Å². The van der Waals surface area contributed by atoms with Crippen LogP contribution in [0.4, 0.5) is 11.4 Å². The molecule has 2 aromatic carbocycles. The summed E-state index contributed by atoms with van der Waals surface area (Å²) in [6.07, 6.45) is 0. The van der Waals surface area contributed by atoms with Gasteiger partial charge in [0.25, 0.3) is 11.8 Å². The lowest BCUT2D eigenvalue weighted by atomic mass is 10.3. The summed E-state index contributed by atoms with van der Waals surface area (Å²) >= 11 is 25.9. The van der Waals surface area contributed by atoms with E-state index in [1.807, 2.05) is 0 Å². The minimum atomic E-state index is -0.485. The largest absolute Gasteiger partial charge is 0.331 e. The third-order valence-corrected chi connectivity index (χ3v) is 8.69. The van der Waals surface area contributed by atoms with Crippen molar-refractivity contribution < 1.29 is 9.59 Å². The van der Waals surface area contributed by atoms with Crippen LogP contribution in [0.1, 0.15) is 13.8 Å². The summed E-state index contributed by atoms with van der Waals surface area (Å²) in [7, 11) is 0. The number of hydrazine groups is 2. The van der Waals surface area contributed by atoms with E-state index in [2.05, 4.69) is 42.5 Å². The van der Waals surface area contributed by atoms with Crippen molar-refractivity contribution >= 4 is 116 Å². The molecule has 0 spiro atoms. The Balaban J connectivity index is 1.37. The van der Waals surface area contributed by atoms with E-state index in [-0.39, 0.29) is 22.0 Å². The maximum atomic E-state index is 12.5. The summed E-state index contributed by atoms with van der Waals surface area (Å²) in [5.41, 5.74) is 11.9. The Bertz CT molecular complexity index is 1210. The second-order valence-corrected chi connectivity index (χ2v) is 13.3. The van der Waals surface area contributed by atoms with Gasteiger partial charge in [-0.25, -0.2) is 0 Å². The zero-order chi connectivity index (χ0) is 28.4. The molecule has 1 aromatic heterocycles. The lowest BCUT2D eigenvalue weighted by molar-refractivity contribution is -0.121. The Morgan fingerprint density at radius 1 is 0.718 bits per heavy atom. The van der Waals surface area contributed by atoms with Gasteiger partial charge in [0, 0.05) is 21.4 Å². The maximum Gasteiger partial charge on any atom is 0.251 e. The minimum Gasteiger partial charge on any atom is -0.331 e. The van der Waals surface area contributed by atoms with E-state index < -0.39 is 10.5 Å². The Morgan fingerprint density at radius 2 is 1.08 bits per heavy atom. The number of thiocarbonyl (C=S) groups is 2. The first-order chi connectivity index (χ1) is 18.6. The third kappa shape index (κ3) is 10.9. The first-order valence-corrected chi connectivity index (χ1v) is 15.2. The fourth-order valence-corrected chi connectivity index (χ4v) is 6.43. The van der Waals surface area contributed by atoms with Crippen molar-refractivity contribution in [2.75, 3.05) is 10.6 Å². The molecule has 3 aromatic rings. The summed E-state index contributed by atoms with van der Waals surface area (Å²) in [6, 6.07) is 13.9. The van der Waals surface area contributed by atoms with E-state index in [0.717, 1.165) is 11.4 Å². The number of rotatable bonds is 8. The normalized spacial score (nSPS) is 12.0. The lowest BCUT2D eigenvalue weighted by Gasteiger charge is -2.14. The molecule has 0 aliphatic heterocycles. The highest BCUT2D eigenvalue weighted by molar-refractivity contribution is 8.04. The van der Waals surface area contributed by atoms with Crippen LogP contribution in [-0.4, -0.2) is 42.7 Å². The molecule has 0 aliphatic carbocycles. The van der Waals surface area contributed by atoms with E-state index in [0.29, 0.717) is 18.7 Å². The molecule has 0 saturated carbocycles. The van der Waals surface area contributed by atoms with Crippen molar-refractivity contribution in [1.82, 2.24) is 31.9 Å². The molecule has 2 amide bonds. The number of amides is 2. The molecule has 2 atom stereocenters. The minimum absolute atomic E-state index is 0.223. The molecule has 206 valence electrons. The first-order valence-electron chi connectivity index (χ1n) is 11.0. The Labute approximate surface area is 258 Å². The Kier molecular flexibility index (Phi) is 12.3. The zero-order valence-electron chi connectivity index (χ0n) is 20.3. The number of thioether (sulfide) groups is 2. The predicted molar refractivity (Wildman–Crippen MR) is 168 cm³/mol. The van der Waals surface area contributed by atoms with Crippen molar-refractivity contribution in [2.45, 2.75) is 33.0 Å². The number of benzene rings is 2. The molecule has 6 N–H and O–H groups in total. The highest BCUT2D eigenvalue weighted by Gasteiger charge is 2.20. The SMILES string of the molecule is CC(Sc1nnc(SC(C)C(=O)NNC(=S)Nc2ccc(Cl)cc2)s1)C(=O)NNC(=S)Nc1ccc(Cl)cc1. The van der Waals surface area contributed by atoms with Gasteiger partial charge < -0.3 is 10.6 Å². The van der Waals surface area contributed by atoms with Gasteiger partial charge in [-0.2, -0.15) is 0 Å². The topological polar surface area (TPSA) is 132 Å². The van der Waals surface area contributed by atoms with Gasteiger partial charge in [0.1, 0.15) is 0 Å². The number of halogens is 2. The van der Waals surface area contributed by atoms with Gasteiger partial charge in [0.15, 0.2) is 18.9 Å². The third-order valence-electron chi connectivity index (χ3n) is 4.48. The zero-order valence-corrected chi connectivity index (χ0v) is 25.9. The van der Waals surface area contributed by atoms with Crippen LogP contribution >= 0.6 is 82.5 Å². The molecule has 1 heterocycles. The van der Waals surface area contributed by atoms with E-state index in [1.54, 1.807) is 62.4 Å². The molecule has 0 aliphatic rings. The maximum absolute atomic E-state index is 12.5. The smallest absolute Gasteiger partial charge is 0.251 e. The Hall–Kier alpha value is -2.40. The average molecular weight is 662 g/mol. The number of nitrogens with one attached hydrogen (secondary N) is 6. The molecular weight excluding hydrogens is 640 g/mol. The first kappa shape index (κ1) is 31.1. The van der Waals surface area contributed by atoms with Gasteiger partial charge in [-0.05, 0) is 86.8 Å². The van der Waals surface area contributed by atoms with Crippen LogP contribution in [0.25, 0.3) is 0 Å². The number of nitrogens with zero attached hydrogens (tertiary/aromatic N) is 2. The molecule has 17 heteroatoms. The number of carbonyl (C=O) groups excluding carboxylic acids is 2. The second-order valence-electron chi connectivity index (χ2n) is 7.50. The molecule has 0 bridgehead atoms. The number of carbonyl (C=O) groups is 2. The number of hydrogen-bond acceptors (Lipinski definition) is 9. The van der Waals surface area contributed by atoms with Gasteiger partial charge >= 0.3 is 0 Å². The summed E-state index contributed by atoms with van der Waals surface area (Å²) in [5, 5.41) is 14.8. The van der Waals surface area contributed by atoms with Crippen molar-refractivity contribution in [3.05, 3.63) is 58.6 Å². The molecule has 10 nitrogen and oxygen atoms in total. The van der Waals surface area contributed by atoms with Gasteiger partial charge in [-0.1, -0.05) is 58.1 Å². The van der Waals surface area contributed by atoms with Crippen LogP contribution in [0.3, 0.4) is 0 Å². The van der Waals surface area contributed by atoms with E-state index in [4.69, 9.17) is 47.6 Å². The molecule has 0 saturated heterocycles. The van der Waals surface area contributed by atoms with Crippen molar-refractivity contribution in [2.24, 2.45) is 0 Å². The van der Waals surface area contributed by atoms with Crippen molar-refractivity contribution in [1.29, 1.82) is 0 Å². The monoisotopic (exact) mass is 660 g/mol. The summed E-state index contributed by atoms with van der Waals surface area (Å²) in [6.45, 7) is 3.46. The van der Waals surface area contributed by atoms with Crippen LogP contribution in [-0.2, 0) is 9.59 Å². The number of hydrogen-bond donors (Lipinski definition) is 6. The van der Waals surface area contributed by atoms with E-state index in [9.17, 15) is 9.59 Å². The number of aromatic nitrogens is 2. The molecule has 0 fully saturated rings. The quantitative estimate of drug-likeness (QED) is 0.112. The average Bonchev–Trinajstić information content (AvgIpc) is 3.34. The fraction of sp³-hybridized carbons (Fsp3) is 0.182. The molecule has 3 rings (SSSR count). The van der Waals surface area contributed by atoms with Gasteiger partial charge in [0.2, 0.25) is 0 Å². The molecule has 39 heavy (non-hydrogen) atoms. The van der Waals surface area contributed by atoms with Crippen LogP contribution < -0.4 is 32.3 Å². The summed E-state index contributed by atoms with van der Waals surface area (Å²) < 4.78 is 1.17. The molecular formula is C22H22Cl2N8O2S5. The predicted octanol–water partition coefficient (Wildman–Crippen LogP) is 4.84. The fourth-order valence-electron chi connectivity index (χ4n) is 2.53. The van der Waals surface area contributed by atoms with Crippen LogP contribution in [0, 0.1) is 0 Å². The van der Waals surface area contributed by atoms with Gasteiger partial charge in [-0.3, -0.25) is 31.3 Å². The summed E-state index contributed by atoms with van der Waals surface area (Å²) in [4.78, 5) is 24.9.